The quantitative estimate of drug-likeness (QED) is 0.793. The number of hydrogen-bond acceptors (Lipinski definition) is 3. The van der Waals surface area contributed by atoms with Gasteiger partial charge in [-0.3, -0.25) is 14.2 Å². The second kappa shape index (κ2) is 5.48. The van der Waals surface area contributed by atoms with Crippen LogP contribution >= 0.6 is 0 Å². The highest BCUT2D eigenvalue weighted by atomic mass is 16.1. The number of nitrogens with one attached hydrogen (secondary N) is 1. The Hall–Kier alpha value is -2.11. The van der Waals surface area contributed by atoms with E-state index in [-0.39, 0.29) is 5.91 Å². The summed E-state index contributed by atoms with van der Waals surface area (Å²) in [6, 6.07) is 1.89. The Morgan fingerprint density at radius 3 is 2.89 bits per heavy atom. The van der Waals surface area contributed by atoms with Crippen molar-refractivity contribution in [2.45, 2.75) is 19.9 Å². The molecule has 6 heteroatoms. The summed E-state index contributed by atoms with van der Waals surface area (Å²) in [6.45, 7) is 3.32. The third kappa shape index (κ3) is 2.77. The first-order valence-electron chi connectivity index (χ1n) is 5.92. The van der Waals surface area contributed by atoms with Gasteiger partial charge >= 0.3 is 0 Å². The maximum atomic E-state index is 11.9. The van der Waals surface area contributed by atoms with Crippen molar-refractivity contribution in [2.75, 3.05) is 6.54 Å². The summed E-state index contributed by atoms with van der Waals surface area (Å²) in [5.74, 6) is -0.0685. The molecule has 0 saturated heterocycles. The molecule has 2 aromatic rings. The van der Waals surface area contributed by atoms with Crippen LogP contribution in [0.15, 0.2) is 24.7 Å². The van der Waals surface area contributed by atoms with Crippen molar-refractivity contribution in [3.63, 3.8) is 0 Å². The van der Waals surface area contributed by atoms with Crippen LogP contribution in [0.2, 0.25) is 0 Å². The molecule has 0 fully saturated rings. The number of amides is 1. The van der Waals surface area contributed by atoms with E-state index in [0.29, 0.717) is 12.1 Å². The predicted octanol–water partition coefficient (Wildman–Crippen LogP) is 0.745. The molecule has 96 valence electrons. The van der Waals surface area contributed by atoms with Gasteiger partial charge in [-0.25, -0.2) is 0 Å². The first kappa shape index (κ1) is 12.3. The van der Waals surface area contributed by atoms with Crippen molar-refractivity contribution in [3.8, 4) is 0 Å². The number of carbonyl (C=O) groups excluding carboxylic acids is 1. The van der Waals surface area contributed by atoms with Crippen LogP contribution in [-0.2, 0) is 13.6 Å². The third-order valence-corrected chi connectivity index (χ3v) is 2.89. The maximum Gasteiger partial charge on any atom is 0.254 e. The van der Waals surface area contributed by atoms with E-state index in [4.69, 9.17) is 0 Å². The lowest BCUT2D eigenvalue weighted by Crippen LogP contribution is -2.25. The zero-order valence-electron chi connectivity index (χ0n) is 10.6. The molecule has 2 aromatic heterocycles. The molecule has 0 saturated carbocycles. The molecular formula is C12H17N5O. The minimum atomic E-state index is -0.0685. The van der Waals surface area contributed by atoms with Crippen molar-refractivity contribution >= 4 is 5.91 Å². The Balaban J connectivity index is 1.77. The van der Waals surface area contributed by atoms with Gasteiger partial charge in [0.1, 0.15) is 0 Å². The molecular weight excluding hydrogens is 230 g/mol. The topological polar surface area (TPSA) is 64.7 Å². The van der Waals surface area contributed by atoms with Crippen LogP contribution in [-0.4, -0.2) is 32.0 Å². The van der Waals surface area contributed by atoms with E-state index < -0.39 is 0 Å². The van der Waals surface area contributed by atoms with Crippen LogP contribution in [0, 0.1) is 6.92 Å². The fourth-order valence-corrected chi connectivity index (χ4v) is 1.69. The Labute approximate surface area is 106 Å². The van der Waals surface area contributed by atoms with E-state index >= 15 is 0 Å². The number of aryl methyl sites for hydroxylation is 2. The molecule has 0 unspecified atom stereocenters. The average Bonchev–Trinajstić information content (AvgIpc) is 2.97. The highest BCUT2D eigenvalue weighted by Gasteiger charge is 2.11. The molecule has 1 N–H and O–H groups in total. The van der Waals surface area contributed by atoms with Crippen LogP contribution < -0.4 is 5.32 Å². The molecule has 2 rings (SSSR count). The maximum absolute atomic E-state index is 11.9. The number of nitrogens with zero attached hydrogens (tertiary/aromatic N) is 4. The standard InChI is InChI=1S/C12H17N5O/c1-10-11(9-15-16(10)2)12(18)13-5-3-7-17-8-4-6-14-17/h4,6,8-9H,3,5,7H2,1-2H3,(H,13,18). The van der Waals surface area contributed by atoms with E-state index in [1.165, 1.54) is 0 Å². The molecule has 0 spiro atoms. The van der Waals surface area contributed by atoms with Gasteiger partial charge in [0.05, 0.1) is 11.8 Å². The lowest BCUT2D eigenvalue weighted by molar-refractivity contribution is 0.0952. The van der Waals surface area contributed by atoms with Gasteiger partial charge in [-0.05, 0) is 19.4 Å². The summed E-state index contributed by atoms with van der Waals surface area (Å²) in [5, 5.41) is 11.0. The smallest absolute Gasteiger partial charge is 0.254 e. The highest BCUT2D eigenvalue weighted by molar-refractivity contribution is 5.94. The lowest BCUT2D eigenvalue weighted by Gasteiger charge is -2.05. The van der Waals surface area contributed by atoms with Crippen LogP contribution in [0.3, 0.4) is 0 Å². The Morgan fingerprint density at radius 2 is 2.28 bits per heavy atom. The number of hydrogen-bond donors (Lipinski definition) is 1. The van der Waals surface area contributed by atoms with E-state index in [0.717, 1.165) is 18.7 Å². The summed E-state index contributed by atoms with van der Waals surface area (Å²) in [6.07, 6.45) is 6.11. The van der Waals surface area contributed by atoms with Crippen molar-refractivity contribution in [2.24, 2.45) is 7.05 Å². The monoisotopic (exact) mass is 247 g/mol. The van der Waals surface area contributed by atoms with Crippen LogP contribution in [0.4, 0.5) is 0 Å². The van der Waals surface area contributed by atoms with Crippen LogP contribution in [0.25, 0.3) is 0 Å². The molecule has 0 aromatic carbocycles. The lowest BCUT2D eigenvalue weighted by atomic mass is 10.2. The van der Waals surface area contributed by atoms with Gasteiger partial charge in [0.2, 0.25) is 0 Å². The Bertz CT molecular complexity index is 515. The zero-order chi connectivity index (χ0) is 13.0. The van der Waals surface area contributed by atoms with Crippen LogP contribution in [0.1, 0.15) is 22.5 Å². The number of rotatable bonds is 5. The van der Waals surface area contributed by atoms with E-state index in [1.54, 1.807) is 17.1 Å². The third-order valence-electron chi connectivity index (χ3n) is 2.89. The number of carbonyl (C=O) groups is 1. The molecule has 1 amide bonds. The highest BCUT2D eigenvalue weighted by Crippen LogP contribution is 2.04. The fourth-order valence-electron chi connectivity index (χ4n) is 1.69. The van der Waals surface area contributed by atoms with Crippen molar-refractivity contribution in [1.82, 2.24) is 24.9 Å². The Kier molecular flexibility index (Phi) is 3.76. The summed E-state index contributed by atoms with van der Waals surface area (Å²) in [7, 11) is 1.82. The van der Waals surface area contributed by atoms with Gasteiger partial charge in [-0.2, -0.15) is 10.2 Å². The van der Waals surface area contributed by atoms with Crippen molar-refractivity contribution in [3.05, 3.63) is 35.9 Å². The van der Waals surface area contributed by atoms with E-state index in [9.17, 15) is 4.79 Å². The van der Waals surface area contributed by atoms with E-state index in [1.807, 2.05) is 30.9 Å². The second-order valence-corrected chi connectivity index (χ2v) is 4.15. The second-order valence-electron chi connectivity index (χ2n) is 4.15. The van der Waals surface area contributed by atoms with Crippen LogP contribution in [0.5, 0.6) is 0 Å². The SMILES string of the molecule is Cc1c(C(=O)NCCCn2cccn2)cnn1C. The zero-order valence-corrected chi connectivity index (χ0v) is 10.6. The van der Waals surface area contributed by atoms with E-state index in [2.05, 4.69) is 15.5 Å². The summed E-state index contributed by atoms with van der Waals surface area (Å²) in [5.41, 5.74) is 1.51. The molecule has 0 radical (unpaired) electrons. The molecule has 0 bridgehead atoms. The minimum absolute atomic E-state index is 0.0685. The summed E-state index contributed by atoms with van der Waals surface area (Å²) >= 11 is 0. The molecule has 2 heterocycles. The fraction of sp³-hybridized carbons (Fsp3) is 0.417. The largest absolute Gasteiger partial charge is 0.352 e. The summed E-state index contributed by atoms with van der Waals surface area (Å²) < 4.78 is 3.54. The van der Waals surface area contributed by atoms with Gasteiger partial charge in [0.25, 0.3) is 5.91 Å². The predicted molar refractivity (Wildman–Crippen MR) is 67.1 cm³/mol. The van der Waals surface area contributed by atoms with Gasteiger partial charge in [-0.1, -0.05) is 0 Å². The molecule has 18 heavy (non-hydrogen) atoms. The first-order chi connectivity index (χ1) is 8.68. The summed E-state index contributed by atoms with van der Waals surface area (Å²) in [4.78, 5) is 11.9. The first-order valence-corrected chi connectivity index (χ1v) is 5.92. The molecule has 6 nitrogen and oxygen atoms in total. The normalized spacial score (nSPS) is 10.6. The molecule has 0 aliphatic heterocycles. The van der Waals surface area contributed by atoms with Gasteiger partial charge in [0.15, 0.2) is 0 Å². The number of aromatic nitrogens is 4. The van der Waals surface area contributed by atoms with Gasteiger partial charge in [-0.15, -0.1) is 0 Å². The molecule has 0 aliphatic rings. The molecule has 0 atom stereocenters. The average molecular weight is 247 g/mol. The minimum Gasteiger partial charge on any atom is -0.352 e. The Morgan fingerprint density at radius 1 is 1.44 bits per heavy atom. The molecule has 0 aliphatic carbocycles. The van der Waals surface area contributed by atoms with Crippen molar-refractivity contribution < 1.29 is 4.79 Å². The van der Waals surface area contributed by atoms with Crippen molar-refractivity contribution in [1.29, 1.82) is 0 Å². The van der Waals surface area contributed by atoms with Gasteiger partial charge in [0, 0.05) is 38.2 Å². The van der Waals surface area contributed by atoms with Gasteiger partial charge < -0.3 is 5.32 Å².